The van der Waals surface area contributed by atoms with Crippen LogP contribution in [0.25, 0.3) is 0 Å². The Morgan fingerprint density at radius 3 is 2.33 bits per heavy atom. The summed E-state index contributed by atoms with van der Waals surface area (Å²) >= 11 is 0. The van der Waals surface area contributed by atoms with E-state index in [-0.39, 0.29) is 29.7 Å². The molecule has 1 aromatic rings. The summed E-state index contributed by atoms with van der Waals surface area (Å²) in [6.07, 6.45) is 7.60. The largest absolute Gasteiger partial charge is 0.494 e. The fourth-order valence-corrected chi connectivity index (χ4v) is 7.70. The number of hydrogen-bond donors (Lipinski definition) is 1. The number of rotatable bonds is 7. The molecule has 0 aromatic heterocycles. The molecule has 0 aliphatic carbocycles. The third kappa shape index (κ3) is 4.94. The molecule has 1 aromatic carbocycles. The van der Waals surface area contributed by atoms with Gasteiger partial charge in [-0.25, -0.2) is 0 Å². The molecular weight excluding hydrogens is 534 g/mol. The van der Waals surface area contributed by atoms with Crippen molar-refractivity contribution in [2.24, 2.45) is 17.3 Å². The number of carbonyl (C=O) groups excluding carboxylic acids is 3. The average molecular weight is 580 g/mol. The Morgan fingerprint density at radius 2 is 1.71 bits per heavy atom. The first-order valence-corrected chi connectivity index (χ1v) is 15.1. The smallest absolute Gasteiger partial charge is 0.249 e. The number of amides is 3. The molecule has 4 aliphatic heterocycles. The highest BCUT2D eigenvalue weighted by Crippen LogP contribution is 2.54. The second-order valence-electron chi connectivity index (χ2n) is 13.8. The van der Waals surface area contributed by atoms with E-state index in [1.54, 1.807) is 11.8 Å². The van der Waals surface area contributed by atoms with Gasteiger partial charge in [-0.2, -0.15) is 0 Å². The van der Waals surface area contributed by atoms with Crippen LogP contribution in [0.15, 0.2) is 48.6 Å². The van der Waals surface area contributed by atoms with Crippen molar-refractivity contribution >= 4 is 23.4 Å². The molecular formula is C33H45N3O6. The van der Waals surface area contributed by atoms with E-state index in [4.69, 9.17) is 9.47 Å². The molecule has 1 spiro atoms. The van der Waals surface area contributed by atoms with Crippen LogP contribution in [0.5, 0.6) is 5.75 Å². The Balaban J connectivity index is 1.56. The Kier molecular flexibility index (Phi) is 7.81. The summed E-state index contributed by atoms with van der Waals surface area (Å²) in [6.45, 7) is 15.1. The molecule has 6 atom stereocenters. The number of benzene rings is 1. The van der Waals surface area contributed by atoms with Crippen LogP contribution in [-0.4, -0.2) is 88.3 Å². The lowest BCUT2D eigenvalue weighted by Crippen LogP contribution is -2.61. The number of ether oxygens (including phenoxy) is 2. The lowest BCUT2D eigenvalue weighted by Gasteiger charge is -2.45. The van der Waals surface area contributed by atoms with Crippen molar-refractivity contribution < 1.29 is 29.0 Å². The Hall–Kier alpha value is -3.17. The van der Waals surface area contributed by atoms with E-state index in [0.717, 1.165) is 6.42 Å². The predicted octanol–water partition coefficient (Wildman–Crippen LogP) is 3.56. The minimum absolute atomic E-state index is 0.0395. The molecule has 5 rings (SSSR count). The van der Waals surface area contributed by atoms with Gasteiger partial charge in [-0.3, -0.25) is 14.4 Å². The maximum absolute atomic E-state index is 14.6. The normalized spacial score (nSPS) is 30.2. The molecule has 9 heteroatoms. The monoisotopic (exact) mass is 579 g/mol. The molecule has 2 fully saturated rings. The molecule has 42 heavy (non-hydrogen) atoms. The van der Waals surface area contributed by atoms with Gasteiger partial charge in [0, 0.05) is 24.3 Å². The highest BCUT2D eigenvalue weighted by atomic mass is 16.5. The molecule has 2 saturated heterocycles. The summed E-state index contributed by atoms with van der Waals surface area (Å²) in [4.78, 5) is 48.3. The van der Waals surface area contributed by atoms with Gasteiger partial charge in [-0.15, -0.1) is 0 Å². The standard InChI is InChI=1S/C33H45N3O6/c1-8-41-23-14-12-22(13-15-23)34-17-9-11-24-25(28(34)38)26-29(39)36(21(2)19-37)27-30(40)35(18-10-16-33(26,27)42-24)32(6,7)20-31(3,4)5/h9-16,21,24-27,37H,8,17-20H2,1-7H3/t21-,24-,25+,26+,27?,33+/m1/s1. The molecule has 1 unspecified atom stereocenters. The van der Waals surface area contributed by atoms with Crippen LogP contribution < -0.4 is 9.64 Å². The van der Waals surface area contributed by atoms with E-state index in [1.165, 1.54) is 4.90 Å². The molecule has 4 aliphatic rings. The number of carbonyl (C=O) groups is 3. The number of aliphatic hydroxyl groups is 1. The number of nitrogens with zero attached hydrogens (tertiary/aromatic N) is 3. The van der Waals surface area contributed by atoms with Gasteiger partial charge in [0.25, 0.3) is 0 Å². The molecule has 1 N–H and O–H groups in total. The zero-order chi connectivity index (χ0) is 30.6. The number of hydrogen-bond acceptors (Lipinski definition) is 6. The lowest BCUT2D eigenvalue weighted by molar-refractivity contribution is -0.154. The van der Waals surface area contributed by atoms with Crippen LogP contribution in [-0.2, 0) is 19.1 Å². The minimum Gasteiger partial charge on any atom is -0.494 e. The quantitative estimate of drug-likeness (QED) is 0.496. The van der Waals surface area contributed by atoms with Gasteiger partial charge in [0.1, 0.15) is 17.4 Å². The van der Waals surface area contributed by atoms with Crippen LogP contribution in [0.3, 0.4) is 0 Å². The van der Waals surface area contributed by atoms with E-state index in [2.05, 4.69) is 34.6 Å². The summed E-state index contributed by atoms with van der Waals surface area (Å²) in [5, 5.41) is 10.2. The van der Waals surface area contributed by atoms with Crippen molar-refractivity contribution in [1.82, 2.24) is 9.80 Å². The maximum Gasteiger partial charge on any atom is 0.249 e. The van der Waals surface area contributed by atoms with Crippen LogP contribution in [0, 0.1) is 17.3 Å². The minimum atomic E-state index is -1.33. The zero-order valence-electron chi connectivity index (χ0n) is 25.9. The van der Waals surface area contributed by atoms with Gasteiger partial charge in [-0.1, -0.05) is 45.1 Å². The predicted molar refractivity (Wildman–Crippen MR) is 160 cm³/mol. The van der Waals surface area contributed by atoms with Crippen molar-refractivity contribution in [1.29, 1.82) is 0 Å². The molecule has 4 heterocycles. The van der Waals surface area contributed by atoms with Gasteiger partial charge < -0.3 is 29.3 Å². The number of likely N-dealkylation sites (tertiary alicyclic amines) is 1. The van der Waals surface area contributed by atoms with E-state index in [0.29, 0.717) is 31.1 Å². The Labute approximate surface area is 249 Å². The Morgan fingerprint density at radius 1 is 1.02 bits per heavy atom. The van der Waals surface area contributed by atoms with Crippen molar-refractivity contribution in [3.8, 4) is 5.75 Å². The van der Waals surface area contributed by atoms with Crippen molar-refractivity contribution in [3.63, 3.8) is 0 Å². The van der Waals surface area contributed by atoms with Crippen LogP contribution >= 0.6 is 0 Å². The van der Waals surface area contributed by atoms with Gasteiger partial charge in [0.15, 0.2) is 0 Å². The number of fused-ring (bicyclic) bond motifs is 2. The van der Waals surface area contributed by atoms with Gasteiger partial charge in [-0.05, 0) is 63.8 Å². The molecule has 3 amide bonds. The van der Waals surface area contributed by atoms with Gasteiger partial charge >= 0.3 is 0 Å². The van der Waals surface area contributed by atoms with E-state index in [1.807, 2.05) is 60.4 Å². The topological polar surface area (TPSA) is 99.6 Å². The van der Waals surface area contributed by atoms with Crippen LogP contribution in [0.1, 0.15) is 54.9 Å². The summed E-state index contributed by atoms with van der Waals surface area (Å²) in [7, 11) is 0. The van der Waals surface area contributed by atoms with E-state index >= 15 is 0 Å². The zero-order valence-corrected chi connectivity index (χ0v) is 25.9. The van der Waals surface area contributed by atoms with Crippen LogP contribution in [0.2, 0.25) is 0 Å². The SMILES string of the molecule is CCOc1ccc(N2CC=C[C@H]3O[C@]45C=CCN(C(C)(C)CC(C)(C)C)C(=O)C4N([C@H](C)CO)C(=O)[C@@H]5[C@H]3C2=O)cc1. The summed E-state index contributed by atoms with van der Waals surface area (Å²) < 4.78 is 12.3. The molecule has 0 radical (unpaired) electrons. The third-order valence-electron chi connectivity index (χ3n) is 8.99. The van der Waals surface area contributed by atoms with Crippen molar-refractivity contribution in [3.05, 3.63) is 48.6 Å². The second kappa shape index (κ2) is 10.8. The van der Waals surface area contributed by atoms with E-state index in [9.17, 15) is 19.5 Å². The van der Waals surface area contributed by atoms with Crippen molar-refractivity contribution in [2.45, 2.75) is 84.2 Å². The molecule has 0 saturated carbocycles. The summed E-state index contributed by atoms with van der Waals surface area (Å²) in [6, 6.07) is 5.70. The first-order chi connectivity index (χ1) is 19.8. The average Bonchev–Trinajstić information content (AvgIpc) is 3.23. The third-order valence-corrected chi connectivity index (χ3v) is 8.99. The molecule has 9 nitrogen and oxygen atoms in total. The highest BCUT2D eigenvalue weighted by Gasteiger charge is 2.72. The first-order valence-electron chi connectivity index (χ1n) is 15.1. The van der Waals surface area contributed by atoms with Crippen molar-refractivity contribution in [2.75, 3.05) is 31.2 Å². The fraction of sp³-hybridized carbons (Fsp3) is 0.606. The molecule has 0 bridgehead atoms. The molecule has 228 valence electrons. The summed E-state index contributed by atoms with van der Waals surface area (Å²) in [5.74, 6) is -1.81. The second-order valence-corrected chi connectivity index (χ2v) is 13.8. The summed E-state index contributed by atoms with van der Waals surface area (Å²) in [5.41, 5.74) is -1.19. The van der Waals surface area contributed by atoms with Crippen LogP contribution in [0.4, 0.5) is 5.69 Å². The van der Waals surface area contributed by atoms with E-state index < -0.39 is 41.2 Å². The Bertz CT molecular complexity index is 1280. The van der Waals surface area contributed by atoms with Gasteiger partial charge in [0.05, 0.1) is 37.2 Å². The fourth-order valence-electron chi connectivity index (χ4n) is 7.70. The number of anilines is 1. The highest BCUT2D eigenvalue weighted by molar-refractivity contribution is 6.04. The lowest BCUT2D eigenvalue weighted by atomic mass is 9.77. The number of aliphatic hydroxyl groups excluding tert-OH is 1. The first kappa shape index (κ1) is 30.3. The maximum atomic E-state index is 14.6. The van der Waals surface area contributed by atoms with Gasteiger partial charge in [0.2, 0.25) is 17.7 Å².